The monoisotopic (exact) mass is 193 g/mol. The van der Waals surface area contributed by atoms with Crippen LogP contribution in [0.3, 0.4) is 0 Å². The van der Waals surface area contributed by atoms with Crippen LogP contribution in [0.15, 0.2) is 24.3 Å². The minimum atomic E-state index is 0.213. The molecule has 2 heteroatoms. The first kappa shape index (κ1) is 10.9. The van der Waals surface area contributed by atoms with Crippen molar-refractivity contribution in [3.8, 4) is 5.75 Å². The maximum atomic E-state index is 5.68. The van der Waals surface area contributed by atoms with Gasteiger partial charge in [0.25, 0.3) is 0 Å². The lowest BCUT2D eigenvalue weighted by Gasteiger charge is -2.17. The summed E-state index contributed by atoms with van der Waals surface area (Å²) in [6, 6.07) is 8.45. The van der Waals surface area contributed by atoms with Gasteiger partial charge in [-0.1, -0.05) is 12.1 Å². The predicted molar refractivity (Wildman–Crippen MR) is 61.0 cm³/mol. The molecule has 0 aliphatic heterocycles. The number of nitrogens with one attached hydrogen (secondary N) is 1. The minimum Gasteiger partial charge on any atom is -0.489 e. The molecule has 0 heterocycles. The van der Waals surface area contributed by atoms with E-state index in [4.69, 9.17) is 4.74 Å². The summed E-state index contributed by atoms with van der Waals surface area (Å²) >= 11 is 0. The molecule has 0 saturated heterocycles. The van der Waals surface area contributed by atoms with E-state index in [1.165, 1.54) is 0 Å². The molecule has 0 aliphatic carbocycles. The van der Waals surface area contributed by atoms with Gasteiger partial charge in [0.2, 0.25) is 0 Å². The van der Waals surface area contributed by atoms with Crippen LogP contribution in [0, 0.1) is 0 Å². The van der Waals surface area contributed by atoms with E-state index in [1.807, 2.05) is 38.1 Å². The number of benzene rings is 1. The summed E-state index contributed by atoms with van der Waals surface area (Å²) < 4.78 is 5.68. The second-order valence-corrected chi connectivity index (χ2v) is 3.96. The van der Waals surface area contributed by atoms with E-state index >= 15 is 0 Å². The summed E-state index contributed by atoms with van der Waals surface area (Å²) in [7, 11) is 0. The molecular weight excluding hydrogens is 174 g/mol. The number of hydrogen-bond donors (Lipinski definition) is 1. The van der Waals surface area contributed by atoms with Gasteiger partial charge in [-0.2, -0.15) is 0 Å². The molecule has 1 aromatic carbocycles. The lowest BCUT2D eigenvalue weighted by Crippen LogP contribution is -2.13. The molecule has 14 heavy (non-hydrogen) atoms. The quantitative estimate of drug-likeness (QED) is 0.792. The van der Waals surface area contributed by atoms with Crippen LogP contribution in [-0.2, 0) is 0 Å². The molecule has 1 rings (SSSR count). The second kappa shape index (κ2) is 4.89. The normalized spacial score (nSPS) is 10.7. The molecule has 0 bridgehead atoms. The van der Waals surface area contributed by atoms with Crippen LogP contribution in [-0.4, -0.2) is 12.1 Å². The smallest absolute Gasteiger partial charge is 0.142 e. The zero-order chi connectivity index (χ0) is 10.6. The summed E-state index contributed by atoms with van der Waals surface area (Å²) in [4.78, 5) is 0. The molecule has 0 unspecified atom stereocenters. The van der Waals surface area contributed by atoms with Crippen molar-refractivity contribution in [1.82, 2.24) is 0 Å². The first-order chi connectivity index (χ1) is 6.59. The number of anilines is 1. The Labute approximate surface area is 86.3 Å². The van der Waals surface area contributed by atoms with E-state index in [2.05, 4.69) is 19.2 Å². The standard InChI is InChI=1S/C12H19NO/c1-9(2)13-11-7-5-6-8-12(11)14-10(3)4/h5-10,13H,1-4H3. The first-order valence-electron chi connectivity index (χ1n) is 5.12. The van der Waals surface area contributed by atoms with Crippen molar-refractivity contribution in [3.63, 3.8) is 0 Å². The third-order valence-electron chi connectivity index (χ3n) is 1.69. The van der Waals surface area contributed by atoms with Crippen LogP contribution in [0.25, 0.3) is 0 Å². The maximum Gasteiger partial charge on any atom is 0.142 e. The molecule has 0 spiro atoms. The Balaban J connectivity index is 2.80. The van der Waals surface area contributed by atoms with Crippen molar-refractivity contribution in [3.05, 3.63) is 24.3 Å². The third kappa shape index (κ3) is 3.29. The molecule has 1 N–H and O–H groups in total. The van der Waals surface area contributed by atoms with Gasteiger partial charge in [-0.3, -0.25) is 0 Å². The van der Waals surface area contributed by atoms with Crippen molar-refractivity contribution >= 4 is 5.69 Å². The van der Waals surface area contributed by atoms with Gasteiger partial charge in [0.15, 0.2) is 0 Å². The van der Waals surface area contributed by atoms with Gasteiger partial charge in [0.1, 0.15) is 5.75 Å². The molecular formula is C12H19NO. The van der Waals surface area contributed by atoms with Crippen LogP contribution in [0.2, 0.25) is 0 Å². The van der Waals surface area contributed by atoms with Gasteiger partial charge >= 0.3 is 0 Å². The van der Waals surface area contributed by atoms with E-state index in [9.17, 15) is 0 Å². The third-order valence-corrected chi connectivity index (χ3v) is 1.69. The molecule has 0 aliphatic rings. The van der Waals surface area contributed by atoms with E-state index in [0.717, 1.165) is 11.4 Å². The Morgan fingerprint density at radius 2 is 1.71 bits per heavy atom. The highest BCUT2D eigenvalue weighted by atomic mass is 16.5. The van der Waals surface area contributed by atoms with Gasteiger partial charge in [0.05, 0.1) is 11.8 Å². The van der Waals surface area contributed by atoms with Crippen molar-refractivity contribution in [2.24, 2.45) is 0 Å². The Bertz CT molecular complexity index is 252. The second-order valence-electron chi connectivity index (χ2n) is 3.96. The largest absolute Gasteiger partial charge is 0.489 e. The molecule has 0 saturated carbocycles. The molecule has 0 aromatic heterocycles. The Morgan fingerprint density at radius 3 is 2.29 bits per heavy atom. The molecule has 0 radical (unpaired) electrons. The summed E-state index contributed by atoms with van der Waals surface area (Å²) in [5.74, 6) is 0.927. The fraction of sp³-hybridized carbons (Fsp3) is 0.500. The zero-order valence-electron chi connectivity index (χ0n) is 9.37. The van der Waals surface area contributed by atoms with Crippen molar-refractivity contribution in [1.29, 1.82) is 0 Å². The maximum absolute atomic E-state index is 5.68. The van der Waals surface area contributed by atoms with Gasteiger partial charge in [-0.25, -0.2) is 0 Å². The molecule has 0 amide bonds. The van der Waals surface area contributed by atoms with Crippen molar-refractivity contribution in [2.75, 3.05) is 5.32 Å². The van der Waals surface area contributed by atoms with Crippen LogP contribution in [0.4, 0.5) is 5.69 Å². The first-order valence-corrected chi connectivity index (χ1v) is 5.12. The average Bonchev–Trinajstić information content (AvgIpc) is 2.06. The Morgan fingerprint density at radius 1 is 1.07 bits per heavy atom. The van der Waals surface area contributed by atoms with E-state index in [0.29, 0.717) is 6.04 Å². The van der Waals surface area contributed by atoms with Crippen LogP contribution < -0.4 is 10.1 Å². The van der Waals surface area contributed by atoms with Crippen LogP contribution in [0.1, 0.15) is 27.7 Å². The molecule has 0 atom stereocenters. The highest BCUT2D eigenvalue weighted by molar-refractivity contribution is 5.56. The van der Waals surface area contributed by atoms with E-state index in [-0.39, 0.29) is 6.10 Å². The summed E-state index contributed by atoms with van der Waals surface area (Å²) in [5.41, 5.74) is 1.07. The zero-order valence-corrected chi connectivity index (χ0v) is 9.37. The fourth-order valence-corrected chi connectivity index (χ4v) is 1.25. The lowest BCUT2D eigenvalue weighted by molar-refractivity contribution is 0.243. The van der Waals surface area contributed by atoms with E-state index in [1.54, 1.807) is 0 Å². The van der Waals surface area contributed by atoms with Gasteiger partial charge in [0, 0.05) is 6.04 Å². The summed E-state index contributed by atoms with van der Waals surface area (Å²) in [6.45, 7) is 8.30. The van der Waals surface area contributed by atoms with Gasteiger partial charge in [-0.15, -0.1) is 0 Å². The van der Waals surface area contributed by atoms with Crippen molar-refractivity contribution < 1.29 is 4.74 Å². The van der Waals surface area contributed by atoms with Crippen molar-refractivity contribution in [2.45, 2.75) is 39.8 Å². The average molecular weight is 193 g/mol. The predicted octanol–water partition coefficient (Wildman–Crippen LogP) is 3.29. The van der Waals surface area contributed by atoms with E-state index < -0.39 is 0 Å². The Kier molecular flexibility index (Phi) is 3.81. The fourth-order valence-electron chi connectivity index (χ4n) is 1.25. The molecule has 2 nitrogen and oxygen atoms in total. The Hall–Kier alpha value is -1.18. The number of ether oxygens (including phenoxy) is 1. The highest BCUT2D eigenvalue weighted by Crippen LogP contribution is 2.25. The van der Waals surface area contributed by atoms with Crippen LogP contribution >= 0.6 is 0 Å². The SMILES string of the molecule is CC(C)Nc1ccccc1OC(C)C. The molecule has 0 fully saturated rings. The molecule has 78 valence electrons. The minimum absolute atomic E-state index is 0.213. The van der Waals surface area contributed by atoms with Gasteiger partial charge in [-0.05, 0) is 39.8 Å². The summed E-state index contributed by atoms with van der Waals surface area (Å²) in [6.07, 6.45) is 0.213. The highest BCUT2D eigenvalue weighted by Gasteiger charge is 2.04. The lowest BCUT2D eigenvalue weighted by atomic mass is 10.2. The topological polar surface area (TPSA) is 21.3 Å². The number of para-hydroxylation sites is 2. The molecule has 1 aromatic rings. The summed E-state index contributed by atoms with van der Waals surface area (Å²) in [5, 5.41) is 3.35. The van der Waals surface area contributed by atoms with Crippen LogP contribution in [0.5, 0.6) is 5.75 Å². The number of hydrogen-bond acceptors (Lipinski definition) is 2. The number of rotatable bonds is 4. The van der Waals surface area contributed by atoms with Gasteiger partial charge < -0.3 is 10.1 Å².